The van der Waals surface area contributed by atoms with Crippen LogP contribution in [0.2, 0.25) is 0 Å². The Balaban J connectivity index is 1.31. The molecule has 8 nitrogen and oxygen atoms in total. The van der Waals surface area contributed by atoms with Gasteiger partial charge in [-0.1, -0.05) is 18.2 Å². The number of ether oxygens (including phenoxy) is 1. The molecule has 1 aromatic heterocycles. The molecule has 4 aliphatic heterocycles. The first-order chi connectivity index (χ1) is 15.2. The van der Waals surface area contributed by atoms with Crippen LogP contribution in [0, 0.1) is 5.92 Å². The van der Waals surface area contributed by atoms with Crippen molar-refractivity contribution >= 4 is 22.8 Å². The van der Waals surface area contributed by atoms with E-state index in [9.17, 15) is 9.59 Å². The van der Waals surface area contributed by atoms with Crippen LogP contribution in [0.4, 0.5) is 4.79 Å². The van der Waals surface area contributed by atoms with Crippen molar-refractivity contribution in [2.24, 2.45) is 5.92 Å². The van der Waals surface area contributed by atoms with Crippen molar-refractivity contribution in [3.05, 3.63) is 42.1 Å². The maximum atomic E-state index is 13.6. The minimum Gasteiger partial charge on any atom is -0.379 e. The number of hydrogen-bond donors (Lipinski definition) is 1. The van der Waals surface area contributed by atoms with Crippen LogP contribution in [0.1, 0.15) is 18.0 Å². The van der Waals surface area contributed by atoms with E-state index in [0.717, 1.165) is 42.5 Å². The van der Waals surface area contributed by atoms with Gasteiger partial charge in [-0.05, 0) is 24.1 Å². The zero-order chi connectivity index (χ0) is 21.0. The Hall–Kier alpha value is -2.55. The van der Waals surface area contributed by atoms with Crippen molar-refractivity contribution in [3.63, 3.8) is 0 Å². The molecule has 0 radical (unpaired) electrons. The molecule has 5 heterocycles. The van der Waals surface area contributed by atoms with Crippen LogP contribution in [-0.2, 0) is 9.53 Å². The largest absolute Gasteiger partial charge is 0.379 e. The van der Waals surface area contributed by atoms with Crippen molar-refractivity contribution in [2.75, 3.05) is 52.5 Å². The first kappa shape index (κ1) is 19.2. The van der Waals surface area contributed by atoms with Crippen LogP contribution < -0.4 is 5.32 Å². The highest BCUT2D eigenvalue weighted by Gasteiger charge is 2.68. The minimum atomic E-state index is -0.752. The van der Waals surface area contributed by atoms with Gasteiger partial charge in [0.1, 0.15) is 5.54 Å². The summed E-state index contributed by atoms with van der Waals surface area (Å²) in [4.78, 5) is 37.5. The van der Waals surface area contributed by atoms with Gasteiger partial charge in [-0.2, -0.15) is 0 Å². The van der Waals surface area contributed by atoms with Crippen molar-refractivity contribution < 1.29 is 14.3 Å². The topological polar surface area (TPSA) is 78.0 Å². The van der Waals surface area contributed by atoms with Crippen molar-refractivity contribution in [3.8, 4) is 0 Å². The Bertz CT molecular complexity index is 1040. The van der Waals surface area contributed by atoms with Crippen LogP contribution in [-0.4, -0.2) is 89.6 Å². The standard InChI is InChI=1S/C23H27N5O3/c29-21-23-15-24-14-18(23)12-20(17-11-16-3-1-2-4-19(16)25-13-17)28(23)22(30)27(21)6-5-26-7-9-31-10-8-26/h1-4,11,13,18,20,24H,5-10,12,14-15H2. The molecule has 0 bridgehead atoms. The van der Waals surface area contributed by atoms with Crippen molar-refractivity contribution in [1.82, 2.24) is 25.0 Å². The summed E-state index contributed by atoms with van der Waals surface area (Å²) in [5.74, 6) is 0.103. The van der Waals surface area contributed by atoms with Gasteiger partial charge in [-0.25, -0.2) is 4.79 Å². The first-order valence-corrected chi connectivity index (χ1v) is 11.2. The molecular weight excluding hydrogens is 394 g/mol. The Morgan fingerprint density at radius 1 is 1.16 bits per heavy atom. The average molecular weight is 422 g/mol. The fourth-order valence-electron chi connectivity index (χ4n) is 5.89. The number of urea groups is 1. The SMILES string of the molecule is O=C1N(CCN2CCOCC2)C(=O)C23CNCC2CC(c2cnc4ccccc4c2)N13. The summed E-state index contributed by atoms with van der Waals surface area (Å²) in [6.45, 7) is 5.55. The molecular formula is C23H27N5O3. The van der Waals surface area contributed by atoms with Gasteiger partial charge in [0.2, 0.25) is 0 Å². The summed E-state index contributed by atoms with van der Waals surface area (Å²) in [6.07, 6.45) is 2.67. The Morgan fingerprint density at radius 2 is 2.00 bits per heavy atom. The summed E-state index contributed by atoms with van der Waals surface area (Å²) in [5, 5.41) is 4.44. The number of fused-ring (bicyclic) bond motifs is 1. The van der Waals surface area contributed by atoms with Crippen LogP contribution in [0.15, 0.2) is 36.5 Å². The number of nitrogens with one attached hydrogen (secondary N) is 1. The number of nitrogens with zero attached hydrogens (tertiary/aromatic N) is 4. The van der Waals surface area contributed by atoms with Crippen LogP contribution in [0.3, 0.4) is 0 Å². The quantitative estimate of drug-likeness (QED) is 0.749. The maximum absolute atomic E-state index is 13.6. The molecule has 1 spiro atoms. The highest BCUT2D eigenvalue weighted by Crippen LogP contribution is 2.52. The third-order valence-corrected chi connectivity index (χ3v) is 7.50. The number of carbonyl (C=O) groups is 2. The van der Waals surface area contributed by atoms with Crippen LogP contribution in [0.5, 0.6) is 0 Å². The van der Waals surface area contributed by atoms with Crippen LogP contribution >= 0.6 is 0 Å². The molecule has 0 aliphatic carbocycles. The van der Waals surface area contributed by atoms with Crippen molar-refractivity contribution in [1.29, 1.82) is 0 Å². The summed E-state index contributed by atoms with van der Waals surface area (Å²) < 4.78 is 5.41. The lowest BCUT2D eigenvalue weighted by Crippen LogP contribution is -2.51. The Kier molecular flexibility index (Phi) is 4.48. The van der Waals surface area contributed by atoms with Gasteiger partial charge in [0.25, 0.3) is 5.91 Å². The molecule has 1 aromatic carbocycles. The summed E-state index contributed by atoms with van der Waals surface area (Å²) in [7, 11) is 0. The fraction of sp³-hybridized carbons (Fsp3) is 0.522. The Morgan fingerprint density at radius 3 is 2.87 bits per heavy atom. The summed E-state index contributed by atoms with van der Waals surface area (Å²) >= 11 is 0. The third-order valence-electron chi connectivity index (χ3n) is 7.50. The second-order valence-electron chi connectivity index (χ2n) is 9.03. The van der Waals surface area contributed by atoms with Gasteiger partial charge >= 0.3 is 6.03 Å². The number of pyridine rings is 1. The van der Waals surface area contributed by atoms with E-state index in [0.29, 0.717) is 32.8 Å². The average Bonchev–Trinajstić information content (AvgIpc) is 3.42. The molecule has 2 aromatic rings. The van der Waals surface area contributed by atoms with E-state index in [1.54, 1.807) is 0 Å². The molecule has 4 fully saturated rings. The van der Waals surface area contributed by atoms with Gasteiger partial charge in [0.05, 0.1) is 24.8 Å². The van der Waals surface area contributed by atoms with Crippen molar-refractivity contribution in [2.45, 2.75) is 18.0 Å². The number of rotatable bonds is 4. The third kappa shape index (κ3) is 2.82. The molecule has 0 saturated carbocycles. The van der Waals surface area contributed by atoms with Gasteiger partial charge < -0.3 is 15.0 Å². The van der Waals surface area contributed by atoms with Gasteiger partial charge in [0, 0.05) is 56.8 Å². The van der Waals surface area contributed by atoms with Gasteiger partial charge in [-0.15, -0.1) is 0 Å². The lowest BCUT2D eigenvalue weighted by Gasteiger charge is -2.30. The molecule has 1 N–H and O–H groups in total. The number of morpholine rings is 1. The minimum absolute atomic E-state index is 0.0305. The summed E-state index contributed by atoms with van der Waals surface area (Å²) in [6, 6.07) is 9.88. The number of aromatic nitrogens is 1. The van der Waals surface area contributed by atoms with Gasteiger partial charge in [0.15, 0.2) is 0 Å². The zero-order valence-corrected chi connectivity index (χ0v) is 17.5. The number of hydrogen-bond acceptors (Lipinski definition) is 6. The van der Waals surface area contributed by atoms with Crippen LogP contribution in [0.25, 0.3) is 10.9 Å². The van der Waals surface area contributed by atoms with E-state index in [2.05, 4.69) is 21.3 Å². The molecule has 162 valence electrons. The first-order valence-electron chi connectivity index (χ1n) is 11.2. The molecule has 4 saturated heterocycles. The molecule has 6 rings (SSSR count). The number of carbonyl (C=O) groups excluding carboxylic acids is 2. The fourth-order valence-corrected chi connectivity index (χ4v) is 5.89. The predicted octanol–water partition coefficient (Wildman–Crippen LogP) is 1.23. The normalized spacial score (nSPS) is 31.0. The molecule has 3 atom stereocenters. The van der Waals surface area contributed by atoms with E-state index in [1.807, 2.05) is 35.4 Å². The smallest absolute Gasteiger partial charge is 0.328 e. The van der Waals surface area contributed by atoms with E-state index >= 15 is 0 Å². The van der Waals surface area contributed by atoms with E-state index in [4.69, 9.17) is 4.74 Å². The van der Waals surface area contributed by atoms with E-state index in [1.165, 1.54) is 4.90 Å². The van der Waals surface area contributed by atoms with E-state index in [-0.39, 0.29) is 23.9 Å². The molecule has 3 unspecified atom stereocenters. The second-order valence-corrected chi connectivity index (χ2v) is 9.03. The highest BCUT2D eigenvalue weighted by atomic mass is 16.5. The predicted molar refractivity (Wildman–Crippen MR) is 114 cm³/mol. The number of amides is 3. The molecule has 3 amide bonds. The molecule has 4 aliphatic rings. The Labute approximate surface area is 181 Å². The molecule has 31 heavy (non-hydrogen) atoms. The number of para-hydroxylation sites is 1. The van der Waals surface area contributed by atoms with Gasteiger partial charge in [-0.3, -0.25) is 19.6 Å². The zero-order valence-electron chi connectivity index (χ0n) is 17.5. The monoisotopic (exact) mass is 421 g/mol. The number of benzene rings is 1. The maximum Gasteiger partial charge on any atom is 0.328 e. The molecule has 8 heteroatoms. The lowest BCUT2D eigenvalue weighted by atomic mass is 9.87. The lowest BCUT2D eigenvalue weighted by molar-refractivity contribution is -0.133. The second kappa shape index (κ2) is 7.25. The van der Waals surface area contributed by atoms with E-state index < -0.39 is 5.54 Å². The summed E-state index contributed by atoms with van der Waals surface area (Å²) in [5.41, 5.74) is 1.21. The highest BCUT2D eigenvalue weighted by molar-refractivity contribution is 6.08. The number of imide groups is 1.